The maximum atomic E-state index is 13.1. The van der Waals surface area contributed by atoms with Crippen LogP contribution >= 0.6 is 11.6 Å². The Hall–Kier alpha value is -2.82. The molecule has 1 fully saturated rings. The average Bonchev–Trinajstić information content (AvgIpc) is 3.07. The number of aryl methyl sites for hydroxylation is 1. The fourth-order valence-electron chi connectivity index (χ4n) is 3.71. The molecule has 0 aliphatic carbocycles. The van der Waals surface area contributed by atoms with Gasteiger partial charge in [-0.3, -0.25) is 9.36 Å². The molecular formula is C21H22ClN3O6S. The highest BCUT2D eigenvalue weighted by Gasteiger charge is 2.30. The number of benzene rings is 2. The summed E-state index contributed by atoms with van der Waals surface area (Å²) in [5.74, 6) is -0.120. The van der Waals surface area contributed by atoms with Gasteiger partial charge in [-0.1, -0.05) is 17.7 Å². The van der Waals surface area contributed by atoms with Gasteiger partial charge in [0.25, 0.3) is 0 Å². The zero-order valence-electron chi connectivity index (χ0n) is 17.6. The second-order valence-electron chi connectivity index (χ2n) is 7.49. The Morgan fingerprint density at radius 1 is 1.12 bits per heavy atom. The molecule has 1 saturated heterocycles. The summed E-state index contributed by atoms with van der Waals surface area (Å²) in [5, 5.41) is 0.430. The van der Waals surface area contributed by atoms with E-state index in [0.717, 1.165) is 5.56 Å². The minimum absolute atomic E-state index is 0.0481. The number of carbonyl (C=O) groups excluding carboxylic acids is 1. The Kier molecular flexibility index (Phi) is 6.02. The molecule has 3 aromatic rings. The highest BCUT2D eigenvalue weighted by atomic mass is 35.5. The second-order valence-corrected chi connectivity index (χ2v) is 9.83. The fraction of sp³-hybridized carbons (Fsp3) is 0.333. The van der Waals surface area contributed by atoms with Gasteiger partial charge in [-0.15, -0.1) is 0 Å². The van der Waals surface area contributed by atoms with Gasteiger partial charge in [0, 0.05) is 39.3 Å². The van der Waals surface area contributed by atoms with Crippen LogP contribution in [-0.2, 0) is 28.3 Å². The molecule has 0 radical (unpaired) electrons. The quantitative estimate of drug-likeness (QED) is 0.553. The molecule has 1 aromatic heterocycles. The SMILES string of the molecule is COc1ccc(CC(=O)N2CCN(S(=O)(=O)c3ccc4c(c3)oc(=O)n4C)CC2)cc1Cl. The van der Waals surface area contributed by atoms with Crippen molar-refractivity contribution in [1.29, 1.82) is 0 Å². The van der Waals surface area contributed by atoms with Crippen molar-refractivity contribution in [2.75, 3.05) is 33.3 Å². The smallest absolute Gasteiger partial charge is 0.419 e. The van der Waals surface area contributed by atoms with Crippen molar-refractivity contribution in [1.82, 2.24) is 13.8 Å². The van der Waals surface area contributed by atoms with Crippen LogP contribution in [0.4, 0.5) is 0 Å². The molecule has 0 saturated carbocycles. The third kappa shape index (κ3) is 4.13. The maximum absolute atomic E-state index is 13.1. The number of oxazole rings is 1. The number of halogens is 1. The van der Waals surface area contributed by atoms with Crippen LogP contribution in [0, 0.1) is 0 Å². The summed E-state index contributed by atoms with van der Waals surface area (Å²) in [5.41, 5.74) is 1.49. The summed E-state index contributed by atoms with van der Waals surface area (Å²) in [6, 6.07) is 9.54. The standard InChI is InChI=1S/C21H22ClN3O6S/c1-23-17-5-4-15(13-19(17)31-21(23)27)32(28,29)25-9-7-24(8-10-25)20(26)12-14-3-6-18(30-2)16(22)11-14/h3-6,11,13H,7-10,12H2,1-2H3. The number of piperazine rings is 1. The van der Waals surface area contributed by atoms with Crippen LogP contribution in [0.2, 0.25) is 5.02 Å². The van der Waals surface area contributed by atoms with E-state index in [2.05, 4.69) is 0 Å². The minimum atomic E-state index is -3.79. The van der Waals surface area contributed by atoms with E-state index in [1.807, 2.05) is 0 Å². The average molecular weight is 480 g/mol. The van der Waals surface area contributed by atoms with Gasteiger partial charge in [0.05, 0.1) is 29.0 Å². The third-order valence-corrected chi connectivity index (χ3v) is 7.75. The lowest BCUT2D eigenvalue weighted by Crippen LogP contribution is -2.50. The first-order valence-electron chi connectivity index (χ1n) is 9.90. The summed E-state index contributed by atoms with van der Waals surface area (Å²) in [6.07, 6.45) is 0.167. The van der Waals surface area contributed by atoms with Crippen LogP contribution in [0.3, 0.4) is 0 Å². The van der Waals surface area contributed by atoms with Crippen molar-refractivity contribution < 1.29 is 22.4 Å². The van der Waals surface area contributed by atoms with Crippen LogP contribution in [0.25, 0.3) is 11.1 Å². The Bertz CT molecular complexity index is 1340. The van der Waals surface area contributed by atoms with Gasteiger partial charge >= 0.3 is 5.76 Å². The van der Waals surface area contributed by atoms with E-state index in [1.165, 1.54) is 28.1 Å². The second kappa shape index (κ2) is 8.61. The molecule has 1 aliphatic heterocycles. The molecule has 1 amide bonds. The van der Waals surface area contributed by atoms with Gasteiger partial charge in [0.2, 0.25) is 15.9 Å². The number of ether oxygens (including phenoxy) is 1. The molecule has 0 spiro atoms. The van der Waals surface area contributed by atoms with Crippen LogP contribution in [0.15, 0.2) is 50.5 Å². The third-order valence-electron chi connectivity index (χ3n) is 5.56. The lowest BCUT2D eigenvalue weighted by molar-refractivity contribution is -0.131. The van der Waals surface area contributed by atoms with Crippen LogP contribution in [0.1, 0.15) is 5.56 Å². The molecule has 2 aromatic carbocycles. The first-order valence-corrected chi connectivity index (χ1v) is 11.7. The van der Waals surface area contributed by atoms with Crippen molar-refractivity contribution in [3.05, 3.63) is 57.5 Å². The van der Waals surface area contributed by atoms with Gasteiger partial charge < -0.3 is 14.1 Å². The van der Waals surface area contributed by atoms with Crippen molar-refractivity contribution in [2.45, 2.75) is 11.3 Å². The number of nitrogens with zero attached hydrogens (tertiary/aromatic N) is 3. The number of methoxy groups -OCH3 is 1. The highest BCUT2D eigenvalue weighted by Crippen LogP contribution is 2.26. The lowest BCUT2D eigenvalue weighted by atomic mass is 10.1. The summed E-state index contributed by atoms with van der Waals surface area (Å²) < 4.78 is 39.0. The van der Waals surface area contributed by atoms with Crippen LogP contribution in [0.5, 0.6) is 5.75 Å². The van der Waals surface area contributed by atoms with E-state index in [4.69, 9.17) is 20.8 Å². The first kappa shape index (κ1) is 22.4. The van der Waals surface area contributed by atoms with Gasteiger partial charge in [-0.25, -0.2) is 13.2 Å². The fourth-order valence-corrected chi connectivity index (χ4v) is 5.43. The molecular weight excluding hydrogens is 458 g/mol. The van der Waals surface area contributed by atoms with Gasteiger partial charge in [-0.2, -0.15) is 4.31 Å². The topological polar surface area (TPSA) is 102 Å². The molecule has 0 atom stereocenters. The summed E-state index contributed by atoms with van der Waals surface area (Å²) in [7, 11) is -0.710. The number of hydrogen-bond acceptors (Lipinski definition) is 6. The molecule has 9 nitrogen and oxygen atoms in total. The van der Waals surface area contributed by atoms with Gasteiger partial charge in [-0.05, 0) is 29.8 Å². The predicted molar refractivity (Wildman–Crippen MR) is 119 cm³/mol. The van der Waals surface area contributed by atoms with Crippen LogP contribution in [-0.4, -0.2) is 61.4 Å². The molecule has 32 heavy (non-hydrogen) atoms. The predicted octanol–water partition coefficient (Wildman–Crippen LogP) is 1.87. The molecule has 0 unspecified atom stereocenters. The number of fused-ring (bicyclic) bond motifs is 1. The molecule has 4 rings (SSSR count). The molecule has 0 N–H and O–H groups in total. The molecule has 2 heterocycles. The van der Waals surface area contributed by atoms with E-state index in [0.29, 0.717) is 16.3 Å². The summed E-state index contributed by atoms with van der Waals surface area (Å²) in [4.78, 5) is 26.0. The van der Waals surface area contributed by atoms with Gasteiger partial charge in [0.15, 0.2) is 5.58 Å². The number of aromatic nitrogens is 1. The van der Waals surface area contributed by atoms with E-state index in [1.54, 1.807) is 36.2 Å². The normalized spacial score (nSPS) is 15.3. The Morgan fingerprint density at radius 2 is 1.84 bits per heavy atom. The number of sulfonamides is 1. The Morgan fingerprint density at radius 3 is 2.50 bits per heavy atom. The highest BCUT2D eigenvalue weighted by molar-refractivity contribution is 7.89. The van der Waals surface area contributed by atoms with E-state index >= 15 is 0 Å². The first-order chi connectivity index (χ1) is 15.2. The number of amides is 1. The number of hydrogen-bond donors (Lipinski definition) is 0. The Labute approximate surface area is 189 Å². The largest absolute Gasteiger partial charge is 0.495 e. The molecule has 0 bridgehead atoms. The van der Waals surface area contributed by atoms with Crippen molar-refractivity contribution in [3.63, 3.8) is 0 Å². The monoisotopic (exact) mass is 479 g/mol. The number of rotatable bonds is 5. The zero-order chi connectivity index (χ0) is 23.0. The zero-order valence-corrected chi connectivity index (χ0v) is 19.1. The maximum Gasteiger partial charge on any atom is 0.419 e. The lowest BCUT2D eigenvalue weighted by Gasteiger charge is -2.34. The van der Waals surface area contributed by atoms with Crippen molar-refractivity contribution in [2.24, 2.45) is 7.05 Å². The molecule has 11 heteroatoms. The van der Waals surface area contributed by atoms with E-state index in [-0.39, 0.29) is 49.0 Å². The summed E-state index contributed by atoms with van der Waals surface area (Å²) in [6.45, 7) is 0.914. The molecule has 170 valence electrons. The minimum Gasteiger partial charge on any atom is -0.495 e. The molecule has 1 aliphatic rings. The van der Waals surface area contributed by atoms with Gasteiger partial charge in [0.1, 0.15) is 5.75 Å². The van der Waals surface area contributed by atoms with E-state index < -0.39 is 15.8 Å². The number of carbonyl (C=O) groups is 1. The van der Waals surface area contributed by atoms with Crippen molar-refractivity contribution in [3.8, 4) is 5.75 Å². The Balaban J connectivity index is 1.43. The van der Waals surface area contributed by atoms with Crippen molar-refractivity contribution >= 4 is 38.6 Å². The van der Waals surface area contributed by atoms with E-state index in [9.17, 15) is 18.0 Å². The van der Waals surface area contributed by atoms with Crippen LogP contribution < -0.4 is 10.5 Å². The summed E-state index contributed by atoms with van der Waals surface area (Å²) >= 11 is 6.12.